The van der Waals surface area contributed by atoms with Gasteiger partial charge in [0.25, 0.3) is 0 Å². The van der Waals surface area contributed by atoms with E-state index in [4.69, 9.17) is 10.6 Å². The normalized spacial score (nSPS) is 13.8. The number of benzene rings is 1. The molecule has 3 nitrogen and oxygen atoms in total. The SMILES string of the molecule is CCCCOc1ccc2c(c1)CN(N)C=C2. The summed E-state index contributed by atoms with van der Waals surface area (Å²) in [6, 6.07) is 6.18. The Morgan fingerprint density at radius 2 is 2.31 bits per heavy atom. The second kappa shape index (κ2) is 5.03. The van der Waals surface area contributed by atoms with Gasteiger partial charge in [-0.05, 0) is 35.8 Å². The van der Waals surface area contributed by atoms with E-state index in [0.717, 1.165) is 31.7 Å². The summed E-state index contributed by atoms with van der Waals surface area (Å²) in [6.07, 6.45) is 6.17. The Bertz CT molecular complexity index is 388. The van der Waals surface area contributed by atoms with E-state index in [9.17, 15) is 0 Å². The Balaban J connectivity index is 2.07. The van der Waals surface area contributed by atoms with Gasteiger partial charge in [-0.15, -0.1) is 0 Å². The predicted molar refractivity (Wildman–Crippen MR) is 65.6 cm³/mol. The highest BCUT2D eigenvalue weighted by molar-refractivity contribution is 5.57. The molecule has 2 N–H and O–H groups in total. The number of fused-ring (bicyclic) bond motifs is 1. The first kappa shape index (κ1) is 11.0. The first-order valence-electron chi connectivity index (χ1n) is 5.75. The van der Waals surface area contributed by atoms with Crippen molar-refractivity contribution in [3.8, 4) is 5.75 Å². The molecule has 86 valence electrons. The molecule has 0 fully saturated rings. The zero-order valence-corrected chi connectivity index (χ0v) is 9.65. The Morgan fingerprint density at radius 3 is 3.12 bits per heavy atom. The molecule has 0 radical (unpaired) electrons. The summed E-state index contributed by atoms with van der Waals surface area (Å²) < 4.78 is 5.66. The van der Waals surface area contributed by atoms with Gasteiger partial charge in [-0.1, -0.05) is 19.4 Å². The van der Waals surface area contributed by atoms with Crippen LogP contribution in [0.2, 0.25) is 0 Å². The summed E-state index contributed by atoms with van der Waals surface area (Å²) in [5.41, 5.74) is 2.45. The zero-order valence-electron chi connectivity index (χ0n) is 9.65. The quantitative estimate of drug-likeness (QED) is 0.623. The van der Waals surface area contributed by atoms with Crippen molar-refractivity contribution in [3.63, 3.8) is 0 Å². The van der Waals surface area contributed by atoms with E-state index in [-0.39, 0.29) is 0 Å². The molecule has 1 aromatic carbocycles. The summed E-state index contributed by atoms with van der Waals surface area (Å²) in [5, 5.41) is 1.68. The van der Waals surface area contributed by atoms with Crippen molar-refractivity contribution < 1.29 is 4.74 Å². The van der Waals surface area contributed by atoms with Gasteiger partial charge in [0.15, 0.2) is 0 Å². The molecule has 0 saturated heterocycles. The van der Waals surface area contributed by atoms with Gasteiger partial charge in [0.1, 0.15) is 5.75 Å². The van der Waals surface area contributed by atoms with E-state index in [1.165, 1.54) is 11.1 Å². The fraction of sp³-hybridized carbons (Fsp3) is 0.385. The fourth-order valence-corrected chi connectivity index (χ4v) is 1.73. The van der Waals surface area contributed by atoms with Crippen LogP contribution in [0, 0.1) is 0 Å². The van der Waals surface area contributed by atoms with Gasteiger partial charge >= 0.3 is 0 Å². The van der Waals surface area contributed by atoms with Crippen molar-refractivity contribution in [2.45, 2.75) is 26.3 Å². The van der Waals surface area contributed by atoms with Crippen LogP contribution in [-0.4, -0.2) is 11.6 Å². The summed E-state index contributed by atoms with van der Waals surface area (Å²) in [6.45, 7) is 3.70. The number of rotatable bonds is 4. The highest BCUT2D eigenvalue weighted by atomic mass is 16.5. The van der Waals surface area contributed by atoms with E-state index < -0.39 is 0 Å². The van der Waals surface area contributed by atoms with Crippen molar-refractivity contribution in [3.05, 3.63) is 35.5 Å². The van der Waals surface area contributed by atoms with Crippen LogP contribution in [0.4, 0.5) is 0 Å². The molecule has 0 amide bonds. The number of hydrogen-bond donors (Lipinski definition) is 1. The molecule has 1 aliphatic heterocycles. The average Bonchev–Trinajstić information content (AvgIpc) is 2.29. The Kier molecular flexibility index (Phi) is 3.47. The molecule has 0 spiro atoms. The van der Waals surface area contributed by atoms with Crippen molar-refractivity contribution in [2.24, 2.45) is 5.84 Å². The molecule has 1 aliphatic rings. The largest absolute Gasteiger partial charge is 0.494 e. The lowest BCUT2D eigenvalue weighted by atomic mass is 10.0. The molecule has 0 aromatic heterocycles. The molecule has 1 aromatic rings. The van der Waals surface area contributed by atoms with Gasteiger partial charge in [-0.3, -0.25) is 0 Å². The Morgan fingerprint density at radius 1 is 1.44 bits per heavy atom. The van der Waals surface area contributed by atoms with Crippen molar-refractivity contribution >= 4 is 6.08 Å². The molecule has 3 heteroatoms. The number of nitrogens with two attached hydrogens (primary N) is 1. The van der Waals surface area contributed by atoms with Gasteiger partial charge in [0, 0.05) is 6.20 Å². The maximum absolute atomic E-state index is 5.73. The lowest BCUT2D eigenvalue weighted by Gasteiger charge is -2.20. The minimum Gasteiger partial charge on any atom is -0.494 e. The van der Waals surface area contributed by atoms with Gasteiger partial charge in [0.2, 0.25) is 0 Å². The number of nitrogens with zero attached hydrogens (tertiary/aromatic N) is 1. The summed E-state index contributed by atoms with van der Waals surface area (Å²) in [4.78, 5) is 0. The molecule has 0 saturated carbocycles. The minimum atomic E-state index is 0.747. The van der Waals surface area contributed by atoms with Gasteiger partial charge in [0.05, 0.1) is 13.2 Å². The Labute approximate surface area is 96.5 Å². The molecule has 0 aliphatic carbocycles. The first-order chi connectivity index (χ1) is 7.79. The minimum absolute atomic E-state index is 0.747. The maximum atomic E-state index is 5.73. The third-order valence-corrected chi connectivity index (χ3v) is 2.68. The smallest absolute Gasteiger partial charge is 0.119 e. The first-order valence-corrected chi connectivity index (χ1v) is 5.75. The zero-order chi connectivity index (χ0) is 11.4. The number of hydrogen-bond acceptors (Lipinski definition) is 3. The monoisotopic (exact) mass is 218 g/mol. The van der Waals surface area contributed by atoms with Gasteiger partial charge in [-0.25, -0.2) is 5.84 Å². The summed E-state index contributed by atoms with van der Waals surface area (Å²) in [7, 11) is 0. The molecular formula is C13H18N2O. The second-order valence-electron chi connectivity index (χ2n) is 4.05. The molecule has 0 unspecified atom stereocenters. The van der Waals surface area contributed by atoms with Crippen LogP contribution in [0.3, 0.4) is 0 Å². The van der Waals surface area contributed by atoms with Crippen LogP contribution < -0.4 is 10.6 Å². The molecule has 1 heterocycles. The van der Waals surface area contributed by atoms with Crippen LogP contribution in [-0.2, 0) is 6.54 Å². The highest BCUT2D eigenvalue weighted by Crippen LogP contribution is 2.23. The number of ether oxygens (including phenoxy) is 1. The van der Waals surface area contributed by atoms with Crippen LogP contribution in [0.5, 0.6) is 5.75 Å². The van der Waals surface area contributed by atoms with Crippen molar-refractivity contribution in [2.75, 3.05) is 6.61 Å². The average molecular weight is 218 g/mol. The van der Waals surface area contributed by atoms with Crippen LogP contribution in [0.15, 0.2) is 24.4 Å². The van der Waals surface area contributed by atoms with Gasteiger partial charge in [-0.2, -0.15) is 0 Å². The second-order valence-corrected chi connectivity index (χ2v) is 4.05. The third kappa shape index (κ3) is 2.55. The molecule has 0 bridgehead atoms. The predicted octanol–water partition coefficient (Wildman–Crippen LogP) is 2.53. The molecule has 0 atom stereocenters. The van der Waals surface area contributed by atoms with Crippen molar-refractivity contribution in [1.82, 2.24) is 5.01 Å². The summed E-state index contributed by atoms with van der Waals surface area (Å²) in [5.74, 6) is 6.67. The number of unbranched alkanes of at least 4 members (excludes halogenated alkanes) is 1. The van der Waals surface area contributed by atoms with E-state index >= 15 is 0 Å². The van der Waals surface area contributed by atoms with E-state index in [1.54, 1.807) is 5.01 Å². The lowest BCUT2D eigenvalue weighted by Crippen LogP contribution is -2.26. The van der Waals surface area contributed by atoms with Crippen LogP contribution >= 0.6 is 0 Å². The Hall–Kier alpha value is -1.48. The van der Waals surface area contributed by atoms with Crippen molar-refractivity contribution in [1.29, 1.82) is 0 Å². The maximum Gasteiger partial charge on any atom is 0.119 e. The van der Waals surface area contributed by atoms with Crippen LogP contribution in [0.25, 0.3) is 6.08 Å². The van der Waals surface area contributed by atoms with E-state index in [2.05, 4.69) is 19.1 Å². The highest BCUT2D eigenvalue weighted by Gasteiger charge is 2.08. The van der Waals surface area contributed by atoms with Gasteiger partial charge < -0.3 is 9.75 Å². The fourth-order valence-electron chi connectivity index (χ4n) is 1.73. The van der Waals surface area contributed by atoms with E-state index in [1.807, 2.05) is 18.3 Å². The topological polar surface area (TPSA) is 38.5 Å². The summed E-state index contributed by atoms with van der Waals surface area (Å²) >= 11 is 0. The third-order valence-electron chi connectivity index (χ3n) is 2.68. The van der Waals surface area contributed by atoms with E-state index in [0.29, 0.717) is 0 Å². The molecule has 2 rings (SSSR count). The van der Waals surface area contributed by atoms with Crippen LogP contribution in [0.1, 0.15) is 30.9 Å². The number of hydrazine groups is 1. The standard InChI is InChI=1S/C13H18N2O/c1-2-3-8-16-13-5-4-11-6-7-15(14)10-12(11)9-13/h4-7,9H,2-3,8,10,14H2,1H3. The lowest BCUT2D eigenvalue weighted by molar-refractivity contribution is 0.308. The molecule has 16 heavy (non-hydrogen) atoms. The molecular weight excluding hydrogens is 200 g/mol.